The van der Waals surface area contributed by atoms with E-state index in [0.29, 0.717) is 40.3 Å². The summed E-state index contributed by atoms with van der Waals surface area (Å²) < 4.78 is 27.6. The molecule has 5 rings (SSSR count). The van der Waals surface area contributed by atoms with E-state index in [2.05, 4.69) is 35.8 Å². The van der Waals surface area contributed by atoms with Crippen molar-refractivity contribution in [2.45, 2.75) is 23.2 Å². The second-order valence-corrected chi connectivity index (χ2v) is 10.4. The number of nitrogens with one attached hydrogen (secondary N) is 3. The summed E-state index contributed by atoms with van der Waals surface area (Å²) in [6.45, 7) is 2.78. The molecule has 0 atom stereocenters. The summed E-state index contributed by atoms with van der Waals surface area (Å²) in [5.41, 5.74) is 3.47. The maximum absolute atomic E-state index is 14.4. The van der Waals surface area contributed by atoms with Crippen molar-refractivity contribution in [3.63, 3.8) is 0 Å². The van der Waals surface area contributed by atoms with Crippen LogP contribution in [-0.2, 0) is 10.4 Å². The number of amides is 2. The number of likely N-dealkylation sites (tertiary alicyclic amines) is 1. The molecule has 4 aromatic rings. The van der Waals surface area contributed by atoms with E-state index in [1.54, 1.807) is 37.6 Å². The van der Waals surface area contributed by atoms with Gasteiger partial charge in [-0.3, -0.25) is 4.57 Å². The molecule has 2 aromatic heterocycles. The third-order valence-corrected chi connectivity index (χ3v) is 7.12. The third-order valence-electron chi connectivity index (χ3n) is 6.54. The molecule has 0 bridgehead atoms. The molecular formula is C26H27F2IN8O. The molecule has 1 aliphatic heterocycles. The minimum atomic E-state index is -3.04. The van der Waals surface area contributed by atoms with Gasteiger partial charge in [0.25, 0.3) is 0 Å². The molecule has 2 aromatic carbocycles. The van der Waals surface area contributed by atoms with Crippen LogP contribution in [0.15, 0.2) is 55.1 Å². The fraction of sp³-hybridized carbons (Fsp3) is 0.308. The van der Waals surface area contributed by atoms with Crippen LogP contribution in [0.4, 0.5) is 30.8 Å². The minimum Gasteiger partial charge on any atom is -0.371 e. The van der Waals surface area contributed by atoms with Gasteiger partial charge >= 0.3 is 9.96 Å². The predicted molar refractivity (Wildman–Crippen MR) is 153 cm³/mol. The third kappa shape index (κ3) is 5.85. The Balaban J connectivity index is 1.25. The number of hydrogen-bond acceptors (Lipinski definition) is 6. The van der Waals surface area contributed by atoms with Crippen LogP contribution in [0.5, 0.6) is 0 Å². The van der Waals surface area contributed by atoms with Crippen LogP contribution in [0.25, 0.3) is 16.9 Å². The second kappa shape index (κ2) is 11.2. The highest BCUT2D eigenvalue weighted by molar-refractivity contribution is 14.1. The zero-order valence-electron chi connectivity index (χ0n) is 20.7. The number of carbonyl (C=O) groups excluding carboxylic acids is 1. The van der Waals surface area contributed by atoms with Crippen LogP contribution in [0.3, 0.4) is 0 Å². The quantitative estimate of drug-likeness (QED) is 0.172. The van der Waals surface area contributed by atoms with Gasteiger partial charge in [0.15, 0.2) is 17.0 Å². The maximum atomic E-state index is 14.4. The van der Waals surface area contributed by atoms with Gasteiger partial charge in [0, 0.05) is 58.8 Å². The van der Waals surface area contributed by atoms with Gasteiger partial charge in [0.1, 0.15) is 12.7 Å². The molecule has 198 valence electrons. The van der Waals surface area contributed by atoms with Crippen LogP contribution in [0.2, 0.25) is 0 Å². The van der Waals surface area contributed by atoms with E-state index >= 15 is 0 Å². The molecule has 0 saturated carbocycles. The number of halogens is 3. The number of anilines is 3. The molecule has 0 unspecified atom stereocenters. The Hall–Kier alpha value is -3.39. The van der Waals surface area contributed by atoms with Gasteiger partial charge < -0.3 is 20.9 Å². The molecule has 1 saturated heterocycles. The normalized spacial score (nSPS) is 14.1. The standard InChI is InChI=1S/C26H27F2IN8O/c1-30-23-22-24(32-15-31-23)37(16-33-22)20-8-6-18(7-9-20)34-25(38)35-19-5-4-17(21(14-19)26(27,28)29)10-13-36-11-2-3-12-36/h4-9,14-16H,2-3,10-13H2,1H3,(H,30,31,32)(H2,34,35,38). The maximum Gasteiger partial charge on any atom is 0.323 e. The number of rotatable bonds is 8. The Morgan fingerprint density at radius 2 is 1.74 bits per heavy atom. The van der Waals surface area contributed by atoms with Crippen molar-refractivity contribution >= 4 is 57.0 Å². The number of hydrogen-bond donors (Lipinski definition) is 3. The molecule has 3 N–H and O–H groups in total. The fourth-order valence-corrected chi connectivity index (χ4v) is 5.13. The second-order valence-electron chi connectivity index (χ2n) is 9.05. The first-order valence-corrected chi connectivity index (χ1v) is 13.4. The van der Waals surface area contributed by atoms with E-state index in [1.165, 1.54) is 12.4 Å². The van der Waals surface area contributed by atoms with E-state index in [1.807, 2.05) is 16.7 Å². The zero-order valence-corrected chi connectivity index (χ0v) is 22.9. The van der Waals surface area contributed by atoms with Crippen molar-refractivity contribution in [2.75, 3.05) is 42.6 Å². The van der Waals surface area contributed by atoms with E-state index in [-0.39, 0.29) is 5.56 Å². The smallest absolute Gasteiger partial charge is 0.323 e. The number of carbonyl (C=O) groups is 1. The fourth-order valence-electron chi connectivity index (χ4n) is 4.63. The predicted octanol–water partition coefficient (Wildman–Crippen LogP) is 5.62. The molecule has 0 radical (unpaired) electrons. The zero-order chi connectivity index (χ0) is 26.7. The molecular weight excluding hydrogens is 605 g/mol. The number of urea groups is 1. The Morgan fingerprint density at radius 3 is 2.45 bits per heavy atom. The summed E-state index contributed by atoms with van der Waals surface area (Å²) in [5, 5.41) is 8.41. The van der Waals surface area contributed by atoms with Crippen LogP contribution in [0.1, 0.15) is 24.0 Å². The monoisotopic (exact) mass is 632 g/mol. The molecule has 3 heterocycles. The first-order valence-electron chi connectivity index (χ1n) is 12.3. The molecule has 12 heteroatoms. The van der Waals surface area contributed by atoms with Crippen molar-refractivity contribution in [3.05, 3.63) is 66.2 Å². The van der Waals surface area contributed by atoms with Crippen LogP contribution >= 0.6 is 22.6 Å². The van der Waals surface area contributed by atoms with Gasteiger partial charge in [-0.1, -0.05) is 6.07 Å². The average Bonchev–Trinajstić information content (AvgIpc) is 3.58. The lowest BCUT2D eigenvalue weighted by Gasteiger charge is -2.19. The van der Waals surface area contributed by atoms with Crippen molar-refractivity contribution in [2.24, 2.45) is 0 Å². The molecule has 1 fully saturated rings. The van der Waals surface area contributed by atoms with Crippen molar-refractivity contribution < 1.29 is 13.6 Å². The summed E-state index contributed by atoms with van der Waals surface area (Å²) in [6, 6.07) is 11.3. The Bertz CT molecular complexity index is 1430. The van der Waals surface area contributed by atoms with Crippen molar-refractivity contribution in [3.8, 4) is 5.69 Å². The average molecular weight is 632 g/mol. The summed E-state index contributed by atoms with van der Waals surface area (Å²) in [5.74, 6) is 0.631. The van der Waals surface area contributed by atoms with Gasteiger partial charge in [0.2, 0.25) is 0 Å². The van der Waals surface area contributed by atoms with Gasteiger partial charge in [-0.25, -0.2) is 19.7 Å². The summed E-state index contributed by atoms with van der Waals surface area (Å²) in [4.78, 5) is 27.8. The number of fused-ring (bicyclic) bond motifs is 1. The SMILES string of the molecule is CNc1ncnc2c1ncn2-c1ccc(NC(=O)Nc2ccc(CCN3CCCC3)c(C(F)(F)I)c2)cc1. The van der Waals surface area contributed by atoms with E-state index in [0.717, 1.165) is 60.8 Å². The number of imidazole rings is 1. The largest absolute Gasteiger partial charge is 0.371 e. The summed E-state index contributed by atoms with van der Waals surface area (Å²) in [7, 11) is 1.77. The lowest BCUT2D eigenvalue weighted by molar-refractivity contribution is 0.126. The van der Waals surface area contributed by atoms with Crippen LogP contribution in [-0.4, -0.2) is 57.1 Å². The van der Waals surface area contributed by atoms with Gasteiger partial charge in [-0.2, -0.15) is 8.78 Å². The van der Waals surface area contributed by atoms with Crippen LogP contribution in [0, 0.1) is 0 Å². The Labute approximate surface area is 232 Å². The molecule has 9 nitrogen and oxygen atoms in total. The van der Waals surface area contributed by atoms with Crippen molar-refractivity contribution in [1.29, 1.82) is 0 Å². The highest BCUT2D eigenvalue weighted by atomic mass is 127. The molecule has 1 aliphatic rings. The highest BCUT2D eigenvalue weighted by Gasteiger charge is 2.30. The Morgan fingerprint density at radius 1 is 1.03 bits per heavy atom. The lowest BCUT2D eigenvalue weighted by Crippen LogP contribution is -2.23. The van der Waals surface area contributed by atoms with E-state index in [4.69, 9.17) is 0 Å². The first kappa shape index (κ1) is 26.2. The number of benzene rings is 2. The first-order chi connectivity index (χ1) is 18.3. The van der Waals surface area contributed by atoms with Crippen molar-refractivity contribution in [1.82, 2.24) is 24.4 Å². The molecule has 0 aliphatic carbocycles. The van der Waals surface area contributed by atoms with Crippen LogP contribution < -0.4 is 16.0 Å². The number of aromatic nitrogens is 4. The van der Waals surface area contributed by atoms with E-state index in [9.17, 15) is 13.6 Å². The Kier molecular flexibility index (Phi) is 7.70. The summed E-state index contributed by atoms with van der Waals surface area (Å²) >= 11 is 1.15. The number of alkyl halides is 3. The topological polar surface area (TPSA) is 100 Å². The lowest BCUT2D eigenvalue weighted by atomic mass is 10.0. The van der Waals surface area contributed by atoms with Gasteiger partial charge in [-0.15, -0.1) is 0 Å². The minimum absolute atomic E-state index is 0.0720. The number of nitrogens with zero attached hydrogens (tertiary/aromatic N) is 5. The highest BCUT2D eigenvalue weighted by Crippen LogP contribution is 2.39. The summed E-state index contributed by atoms with van der Waals surface area (Å²) in [6.07, 6.45) is 5.98. The van der Waals surface area contributed by atoms with E-state index < -0.39 is 9.96 Å². The molecule has 2 amide bonds. The van der Waals surface area contributed by atoms with Gasteiger partial charge in [0.05, 0.1) is 0 Å². The van der Waals surface area contributed by atoms with Gasteiger partial charge in [-0.05, 0) is 74.3 Å². The molecule has 38 heavy (non-hydrogen) atoms. The molecule has 0 spiro atoms.